The topological polar surface area (TPSA) is 46.3 Å². The van der Waals surface area contributed by atoms with E-state index in [1.807, 2.05) is 16.2 Å². The van der Waals surface area contributed by atoms with Crippen LogP contribution in [0.1, 0.15) is 55.5 Å². The maximum absolute atomic E-state index is 12.8. The van der Waals surface area contributed by atoms with Gasteiger partial charge in [0.15, 0.2) is 0 Å². The molecule has 1 amide bonds. The van der Waals surface area contributed by atoms with Gasteiger partial charge >= 0.3 is 0 Å². The van der Waals surface area contributed by atoms with Crippen molar-refractivity contribution in [1.29, 1.82) is 0 Å². The number of hydrogen-bond acceptors (Lipinski definition) is 3. The Bertz CT molecular complexity index is 476. The lowest BCUT2D eigenvalue weighted by Gasteiger charge is -2.41. The molecule has 1 aliphatic carbocycles. The molecule has 1 unspecified atom stereocenters. The standard InChI is InChI=1S/C15H22N2OS/c1-11-12-6-10-19-13(12)5-9-17(11)14(18)15(16)7-3-2-4-8-15/h6,10-11H,2-5,7-9,16H2,1H3. The van der Waals surface area contributed by atoms with Crippen LogP contribution in [0.3, 0.4) is 0 Å². The zero-order valence-electron chi connectivity index (χ0n) is 11.5. The number of nitrogens with two attached hydrogens (primary N) is 1. The molecule has 1 aromatic rings. The van der Waals surface area contributed by atoms with Gasteiger partial charge in [0.1, 0.15) is 0 Å². The highest BCUT2D eigenvalue weighted by molar-refractivity contribution is 7.10. The van der Waals surface area contributed by atoms with Gasteiger partial charge in [0, 0.05) is 11.4 Å². The molecular formula is C15H22N2OS. The Morgan fingerprint density at radius 3 is 2.89 bits per heavy atom. The monoisotopic (exact) mass is 278 g/mol. The lowest BCUT2D eigenvalue weighted by atomic mass is 9.80. The summed E-state index contributed by atoms with van der Waals surface area (Å²) in [6.45, 7) is 2.96. The Morgan fingerprint density at radius 1 is 1.42 bits per heavy atom. The van der Waals surface area contributed by atoms with Crippen molar-refractivity contribution in [3.05, 3.63) is 21.9 Å². The fraction of sp³-hybridized carbons (Fsp3) is 0.667. The minimum absolute atomic E-state index is 0.177. The van der Waals surface area contributed by atoms with Crippen molar-refractivity contribution in [3.63, 3.8) is 0 Å². The third-order valence-electron chi connectivity index (χ3n) is 4.71. The van der Waals surface area contributed by atoms with Gasteiger partial charge in [-0.1, -0.05) is 19.3 Å². The van der Waals surface area contributed by atoms with Crippen LogP contribution in [-0.2, 0) is 11.2 Å². The average Bonchev–Trinajstić information content (AvgIpc) is 2.88. The van der Waals surface area contributed by atoms with E-state index in [0.717, 1.165) is 38.6 Å². The number of thiophene rings is 1. The van der Waals surface area contributed by atoms with Crippen LogP contribution in [0.2, 0.25) is 0 Å². The van der Waals surface area contributed by atoms with Crippen molar-refractivity contribution in [2.75, 3.05) is 6.54 Å². The molecule has 1 atom stereocenters. The van der Waals surface area contributed by atoms with E-state index >= 15 is 0 Å². The second-order valence-corrected chi connectivity index (χ2v) is 6.94. The first-order chi connectivity index (χ1) is 9.12. The maximum atomic E-state index is 12.8. The Hall–Kier alpha value is -0.870. The molecule has 1 aromatic heterocycles. The van der Waals surface area contributed by atoms with E-state index in [-0.39, 0.29) is 11.9 Å². The molecular weight excluding hydrogens is 256 g/mol. The van der Waals surface area contributed by atoms with E-state index in [1.165, 1.54) is 16.9 Å². The van der Waals surface area contributed by atoms with Crippen LogP contribution >= 0.6 is 11.3 Å². The third kappa shape index (κ3) is 2.21. The molecule has 0 bridgehead atoms. The fourth-order valence-electron chi connectivity index (χ4n) is 3.47. The average molecular weight is 278 g/mol. The van der Waals surface area contributed by atoms with Gasteiger partial charge in [-0.3, -0.25) is 4.79 Å². The summed E-state index contributed by atoms with van der Waals surface area (Å²) in [6, 6.07) is 2.35. The molecule has 1 fully saturated rings. The summed E-state index contributed by atoms with van der Waals surface area (Å²) in [4.78, 5) is 16.3. The highest BCUT2D eigenvalue weighted by Crippen LogP contribution is 2.36. The fourth-order valence-corrected chi connectivity index (χ4v) is 4.43. The zero-order chi connectivity index (χ0) is 13.5. The van der Waals surface area contributed by atoms with Gasteiger partial charge in [0.25, 0.3) is 0 Å². The van der Waals surface area contributed by atoms with Gasteiger partial charge in [-0.2, -0.15) is 0 Å². The minimum atomic E-state index is -0.597. The molecule has 4 heteroatoms. The van der Waals surface area contributed by atoms with Crippen molar-refractivity contribution < 1.29 is 4.79 Å². The number of amides is 1. The SMILES string of the molecule is CC1c2ccsc2CCN1C(=O)C1(N)CCCCC1. The molecule has 2 heterocycles. The lowest BCUT2D eigenvalue weighted by Crippen LogP contribution is -2.57. The highest BCUT2D eigenvalue weighted by Gasteiger charge is 2.41. The van der Waals surface area contributed by atoms with Crippen LogP contribution in [0, 0.1) is 0 Å². The van der Waals surface area contributed by atoms with Crippen molar-refractivity contribution in [2.45, 2.75) is 57.0 Å². The lowest BCUT2D eigenvalue weighted by molar-refractivity contribution is -0.140. The highest BCUT2D eigenvalue weighted by atomic mass is 32.1. The van der Waals surface area contributed by atoms with E-state index in [0.29, 0.717) is 0 Å². The Morgan fingerprint density at radius 2 is 2.16 bits per heavy atom. The molecule has 1 aliphatic heterocycles. The number of hydrogen-bond donors (Lipinski definition) is 1. The number of carbonyl (C=O) groups is 1. The molecule has 0 aromatic carbocycles. The molecule has 1 saturated carbocycles. The molecule has 0 spiro atoms. The van der Waals surface area contributed by atoms with Crippen LogP contribution < -0.4 is 5.73 Å². The maximum Gasteiger partial charge on any atom is 0.243 e. The predicted octanol–water partition coefficient (Wildman–Crippen LogP) is 2.86. The molecule has 2 N–H and O–H groups in total. The van der Waals surface area contributed by atoms with Gasteiger partial charge < -0.3 is 10.6 Å². The van der Waals surface area contributed by atoms with Crippen molar-refractivity contribution in [1.82, 2.24) is 4.90 Å². The second kappa shape index (κ2) is 4.91. The zero-order valence-corrected chi connectivity index (χ0v) is 12.3. The van der Waals surface area contributed by atoms with Gasteiger partial charge in [0.2, 0.25) is 5.91 Å². The molecule has 3 nitrogen and oxygen atoms in total. The number of fused-ring (bicyclic) bond motifs is 1. The number of rotatable bonds is 1. The van der Waals surface area contributed by atoms with Gasteiger partial charge in [-0.05, 0) is 43.2 Å². The summed E-state index contributed by atoms with van der Waals surface area (Å²) in [5.74, 6) is 0.177. The summed E-state index contributed by atoms with van der Waals surface area (Å²) < 4.78 is 0. The predicted molar refractivity (Wildman–Crippen MR) is 78.2 cm³/mol. The summed E-state index contributed by atoms with van der Waals surface area (Å²) in [6.07, 6.45) is 6.09. The second-order valence-electron chi connectivity index (χ2n) is 5.94. The van der Waals surface area contributed by atoms with E-state index in [2.05, 4.69) is 18.4 Å². The quantitative estimate of drug-likeness (QED) is 0.858. The molecule has 104 valence electrons. The van der Waals surface area contributed by atoms with E-state index in [4.69, 9.17) is 5.73 Å². The van der Waals surface area contributed by atoms with Crippen LogP contribution in [0.25, 0.3) is 0 Å². The summed E-state index contributed by atoms with van der Waals surface area (Å²) in [5.41, 5.74) is 7.13. The first-order valence-corrected chi connectivity index (χ1v) is 8.16. The van der Waals surface area contributed by atoms with Gasteiger partial charge in [-0.25, -0.2) is 0 Å². The molecule has 0 saturated heterocycles. The van der Waals surface area contributed by atoms with E-state index in [9.17, 15) is 4.79 Å². The van der Waals surface area contributed by atoms with E-state index < -0.39 is 5.54 Å². The Labute approximate surface area is 118 Å². The molecule has 3 rings (SSSR count). The summed E-state index contributed by atoms with van der Waals surface area (Å²) in [7, 11) is 0. The number of nitrogens with zero attached hydrogens (tertiary/aromatic N) is 1. The molecule has 0 radical (unpaired) electrons. The molecule has 19 heavy (non-hydrogen) atoms. The van der Waals surface area contributed by atoms with Crippen molar-refractivity contribution in [3.8, 4) is 0 Å². The third-order valence-corrected chi connectivity index (χ3v) is 5.71. The minimum Gasteiger partial charge on any atom is -0.334 e. The first kappa shape index (κ1) is 13.1. The van der Waals surface area contributed by atoms with Gasteiger partial charge in [0.05, 0.1) is 11.6 Å². The molecule has 2 aliphatic rings. The van der Waals surface area contributed by atoms with Crippen LogP contribution in [0.15, 0.2) is 11.4 Å². The van der Waals surface area contributed by atoms with Crippen molar-refractivity contribution >= 4 is 17.2 Å². The van der Waals surface area contributed by atoms with E-state index in [1.54, 1.807) is 0 Å². The Kier molecular flexibility index (Phi) is 3.39. The summed E-state index contributed by atoms with van der Waals surface area (Å²) >= 11 is 1.81. The van der Waals surface area contributed by atoms with Gasteiger partial charge in [-0.15, -0.1) is 11.3 Å². The normalized spacial score (nSPS) is 26.0. The summed E-state index contributed by atoms with van der Waals surface area (Å²) in [5, 5.41) is 2.13. The first-order valence-electron chi connectivity index (χ1n) is 7.28. The Balaban J connectivity index is 1.81. The van der Waals surface area contributed by atoms with Crippen LogP contribution in [0.4, 0.5) is 0 Å². The smallest absolute Gasteiger partial charge is 0.243 e. The van der Waals surface area contributed by atoms with Crippen LogP contribution in [0.5, 0.6) is 0 Å². The van der Waals surface area contributed by atoms with Crippen LogP contribution in [-0.4, -0.2) is 22.9 Å². The van der Waals surface area contributed by atoms with Crippen molar-refractivity contribution in [2.24, 2.45) is 5.73 Å². The largest absolute Gasteiger partial charge is 0.334 e. The number of carbonyl (C=O) groups excluding carboxylic acids is 1.